The Hall–Kier alpha value is -1.10. The van der Waals surface area contributed by atoms with E-state index in [1.54, 1.807) is 0 Å². The van der Waals surface area contributed by atoms with Gasteiger partial charge in [0, 0.05) is 18.5 Å². The molecule has 0 aromatic carbocycles. The van der Waals surface area contributed by atoms with Crippen LogP contribution in [-0.4, -0.2) is 29.1 Å². The fourth-order valence-corrected chi connectivity index (χ4v) is 1.84. The molecular weight excluding hydrogens is 196 g/mol. The lowest BCUT2D eigenvalue weighted by Gasteiger charge is -2.29. The molecule has 5 heteroatoms. The second-order valence-corrected chi connectivity index (χ2v) is 4.02. The van der Waals surface area contributed by atoms with Crippen molar-refractivity contribution in [2.45, 2.75) is 50.6 Å². The molecule has 0 heterocycles. The number of carboxylic acid groups (broad SMARTS) is 1. The minimum atomic E-state index is -0.946. The van der Waals surface area contributed by atoms with Crippen LogP contribution in [-0.2, 0) is 9.59 Å². The van der Waals surface area contributed by atoms with Gasteiger partial charge in [-0.15, -0.1) is 0 Å². The summed E-state index contributed by atoms with van der Waals surface area (Å²) in [5.41, 5.74) is 5.85. The van der Waals surface area contributed by atoms with E-state index >= 15 is 0 Å². The maximum absolute atomic E-state index is 11.3. The van der Waals surface area contributed by atoms with E-state index in [0.29, 0.717) is 0 Å². The zero-order chi connectivity index (χ0) is 11.3. The predicted octanol–water partition coefficient (Wildman–Crippen LogP) is 0.237. The van der Waals surface area contributed by atoms with Gasteiger partial charge in [0.15, 0.2) is 0 Å². The molecule has 1 fully saturated rings. The average Bonchev–Trinajstić information content (AvgIpc) is 2.18. The molecule has 0 aliphatic heterocycles. The molecular formula is C10H18N2O3. The van der Waals surface area contributed by atoms with Crippen LogP contribution in [0.2, 0.25) is 0 Å². The Balaban J connectivity index is 2.26. The number of aliphatic carboxylic acids is 1. The smallest absolute Gasteiger partial charge is 0.303 e. The lowest BCUT2D eigenvalue weighted by Crippen LogP contribution is -2.49. The molecule has 0 aromatic rings. The summed E-state index contributed by atoms with van der Waals surface area (Å²) in [6.07, 6.45) is 3.95. The topological polar surface area (TPSA) is 92.4 Å². The van der Waals surface area contributed by atoms with E-state index < -0.39 is 5.97 Å². The van der Waals surface area contributed by atoms with E-state index in [1.165, 1.54) is 0 Å². The van der Waals surface area contributed by atoms with Gasteiger partial charge in [0.2, 0.25) is 5.91 Å². The van der Waals surface area contributed by atoms with Crippen LogP contribution in [0.5, 0.6) is 0 Å². The second-order valence-electron chi connectivity index (χ2n) is 4.02. The minimum absolute atomic E-state index is 0.0209. The number of nitrogens with one attached hydrogen (secondary N) is 1. The summed E-state index contributed by atoms with van der Waals surface area (Å²) in [6, 6.07) is 0.0487. The quantitative estimate of drug-likeness (QED) is 0.625. The zero-order valence-electron chi connectivity index (χ0n) is 8.74. The van der Waals surface area contributed by atoms with E-state index in [0.717, 1.165) is 25.7 Å². The summed E-state index contributed by atoms with van der Waals surface area (Å²) in [5.74, 6) is -1.15. The van der Waals surface area contributed by atoms with Crippen molar-refractivity contribution < 1.29 is 14.7 Å². The maximum Gasteiger partial charge on any atom is 0.303 e. The third kappa shape index (κ3) is 4.29. The number of carbonyl (C=O) groups is 2. The van der Waals surface area contributed by atoms with Gasteiger partial charge in [-0.3, -0.25) is 9.59 Å². The Morgan fingerprint density at radius 2 is 1.93 bits per heavy atom. The van der Waals surface area contributed by atoms with Crippen molar-refractivity contribution in [3.05, 3.63) is 0 Å². The van der Waals surface area contributed by atoms with Crippen LogP contribution < -0.4 is 11.1 Å². The van der Waals surface area contributed by atoms with E-state index in [4.69, 9.17) is 10.8 Å². The first-order valence-corrected chi connectivity index (χ1v) is 5.36. The number of carboxylic acids is 1. The van der Waals surface area contributed by atoms with E-state index in [2.05, 4.69) is 5.32 Å². The Kier molecular flexibility index (Phi) is 4.55. The van der Waals surface area contributed by atoms with Gasteiger partial charge in [0.05, 0.1) is 6.42 Å². The summed E-state index contributed by atoms with van der Waals surface area (Å²) in [7, 11) is 0. The molecule has 0 spiro atoms. The molecule has 0 radical (unpaired) electrons. The maximum atomic E-state index is 11.3. The van der Waals surface area contributed by atoms with Gasteiger partial charge in [-0.1, -0.05) is 12.8 Å². The summed E-state index contributed by atoms with van der Waals surface area (Å²) in [6.45, 7) is 0. The van der Waals surface area contributed by atoms with Crippen molar-refractivity contribution in [3.8, 4) is 0 Å². The lowest BCUT2D eigenvalue weighted by molar-refractivity contribution is -0.139. The summed E-state index contributed by atoms with van der Waals surface area (Å²) in [4.78, 5) is 21.6. The first kappa shape index (κ1) is 12.0. The molecule has 0 saturated heterocycles. The Morgan fingerprint density at radius 1 is 1.27 bits per heavy atom. The molecule has 5 nitrogen and oxygen atoms in total. The minimum Gasteiger partial charge on any atom is -0.481 e. The van der Waals surface area contributed by atoms with Crippen molar-refractivity contribution in [1.29, 1.82) is 0 Å². The predicted molar refractivity (Wildman–Crippen MR) is 55.2 cm³/mol. The fraction of sp³-hybridized carbons (Fsp3) is 0.800. The van der Waals surface area contributed by atoms with Gasteiger partial charge < -0.3 is 16.2 Å². The SMILES string of the molecule is NC1CCCCC1NC(=O)CCC(=O)O. The van der Waals surface area contributed by atoms with Gasteiger partial charge in [-0.2, -0.15) is 0 Å². The molecule has 2 atom stereocenters. The molecule has 4 N–H and O–H groups in total. The first-order valence-electron chi connectivity index (χ1n) is 5.36. The van der Waals surface area contributed by atoms with Gasteiger partial charge in [0.1, 0.15) is 0 Å². The summed E-state index contributed by atoms with van der Waals surface area (Å²) < 4.78 is 0. The van der Waals surface area contributed by atoms with Crippen LogP contribution in [0.1, 0.15) is 38.5 Å². The van der Waals surface area contributed by atoms with Crippen molar-refractivity contribution in [2.75, 3.05) is 0 Å². The van der Waals surface area contributed by atoms with Crippen LogP contribution in [0.25, 0.3) is 0 Å². The number of hydrogen-bond donors (Lipinski definition) is 3. The van der Waals surface area contributed by atoms with Crippen LogP contribution in [0.15, 0.2) is 0 Å². The van der Waals surface area contributed by atoms with Crippen LogP contribution >= 0.6 is 0 Å². The van der Waals surface area contributed by atoms with Crippen molar-refractivity contribution in [1.82, 2.24) is 5.32 Å². The third-order valence-electron chi connectivity index (χ3n) is 2.73. The summed E-state index contributed by atoms with van der Waals surface area (Å²) >= 11 is 0. The molecule has 2 unspecified atom stereocenters. The molecule has 1 rings (SSSR count). The lowest BCUT2D eigenvalue weighted by atomic mass is 9.91. The van der Waals surface area contributed by atoms with Gasteiger partial charge in [0.25, 0.3) is 0 Å². The number of hydrogen-bond acceptors (Lipinski definition) is 3. The third-order valence-corrected chi connectivity index (χ3v) is 2.73. The van der Waals surface area contributed by atoms with E-state index in [-0.39, 0.29) is 30.8 Å². The molecule has 1 aliphatic carbocycles. The zero-order valence-corrected chi connectivity index (χ0v) is 8.74. The van der Waals surface area contributed by atoms with Gasteiger partial charge in [-0.25, -0.2) is 0 Å². The van der Waals surface area contributed by atoms with Gasteiger partial charge >= 0.3 is 5.97 Å². The Bertz CT molecular complexity index is 243. The largest absolute Gasteiger partial charge is 0.481 e. The van der Waals surface area contributed by atoms with Crippen molar-refractivity contribution in [3.63, 3.8) is 0 Å². The van der Waals surface area contributed by atoms with E-state index in [9.17, 15) is 9.59 Å². The van der Waals surface area contributed by atoms with Crippen LogP contribution in [0.3, 0.4) is 0 Å². The van der Waals surface area contributed by atoms with Crippen molar-refractivity contribution in [2.24, 2.45) is 5.73 Å². The highest BCUT2D eigenvalue weighted by Crippen LogP contribution is 2.16. The molecule has 0 aromatic heterocycles. The number of nitrogens with two attached hydrogens (primary N) is 1. The Labute approximate surface area is 89.0 Å². The monoisotopic (exact) mass is 214 g/mol. The number of rotatable bonds is 4. The van der Waals surface area contributed by atoms with Crippen LogP contribution in [0.4, 0.5) is 0 Å². The Morgan fingerprint density at radius 3 is 2.53 bits per heavy atom. The number of carbonyl (C=O) groups excluding carboxylic acids is 1. The van der Waals surface area contributed by atoms with Gasteiger partial charge in [-0.05, 0) is 12.8 Å². The molecule has 0 bridgehead atoms. The summed E-state index contributed by atoms with van der Waals surface area (Å²) in [5, 5.41) is 11.2. The highest BCUT2D eigenvalue weighted by Gasteiger charge is 2.23. The van der Waals surface area contributed by atoms with E-state index in [1.807, 2.05) is 0 Å². The molecule has 86 valence electrons. The highest BCUT2D eigenvalue weighted by atomic mass is 16.4. The molecule has 15 heavy (non-hydrogen) atoms. The standard InChI is InChI=1S/C10H18N2O3/c11-7-3-1-2-4-8(7)12-9(13)5-6-10(14)15/h7-8H,1-6,11H2,(H,12,13)(H,14,15). The van der Waals surface area contributed by atoms with Crippen LogP contribution in [0, 0.1) is 0 Å². The highest BCUT2D eigenvalue weighted by molar-refractivity contribution is 5.80. The molecule has 1 amide bonds. The molecule has 1 saturated carbocycles. The normalized spacial score (nSPS) is 25.9. The second kappa shape index (κ2) is 5.70. The first-order chi connectivity index (χ1) is 7.09. The molecule has 1 aliphatic rings. The van der Waals surface area contributed by atoms with Crippen molar-refractivity contribution >= 4 is 11.9 Å². The fourth-order valence-electron chi connectivity index (χ4n) is 1.84. The number of amides is 1. The average molecular weight is 214 g/mol.